The highest BCUT2D eigenvalue weighted by molar-refractivity contribution is 5.25. The molecule has 4 aliphatic rings. The van der Waals surface area contributed by atoms with Gasteiger partial charge in [-0.2, -0.15) is 0 Å². The molecule has 1 unspecified atom stereocenters. The second-order valence-corrected chi connectivity index (χ2v) is 11.6. The second kappa shape index (κ2) is 7.99. The maximum Gasteiger partial charge on any atom is 0.123 e. The van der Waals surface area contributed by atoms with Crippen LogP contribution < -0.4 is 0 Å². The SMILES string of the molecule is C[C@]12CC[C@H]3[C@@H](CC=C4C[C@@H](O)CC[C@@]43C)[C@@H]1CC[C@@H]2C(O)CCc1ccc(F)cc1. The lowest BCUT2D eigenvalue weighted by Crippen LogP contribution is -2.51. The van der Waals surface area contributed by atoms with Crippen LogP contribution in [0, 0.1) is 40.3 Å². The zero-order valence-electron chi connectivity index (χ0n) is 19.2. The van der Waals surface area contributed by atoms with E-state index in [-0.39, 0.29) is 28.9 Å². The molecule has 2 N–H and O–H groups in total. The van der Waals surface area contributed by atoms with Gasteiger partial charge in [0.2, 0.25) is 0 Å². The van der Waals surface area contributed by atoms with Crippen molar-refractivity contribution in [3.05, 3.63) is 47.3 Å². The molecule has 3 saturated carbocycles. The lowest BCUT2D eigenvalue weighted by Gasteiger charge is -2.58. The van der Waals surface area contributed by atoms with Gasteiger partial charge in [-0.1, -0.05) is 37.6 Å². The van der Waals surface area contributed by atoms with Crippen molar-refractivity contribution >= 4 is 0 Å². The second-order valence-electron chi connectivity index (χ2n) is 11.6. The van der Waals surface area contributed by atoms with Crippen molar-refractivity contribution in [3.8, 4) is 0 Å². The minimum Gasteiger partial charge on any atom is -0.393 e. The molecule has 170 valence electrons. The minimum atomic E-state index is -0.272. The molecule has 0 amide bonds. The van der Waals surface area contributed by atoms with Gasteiger partial charge in [-0.25, -0.2) is 4.39 Å². The molecule has 4 aliphatic carbocycles. The van der Waals surface area contributed by atoms with Crippen molar-refractivity contribution < 1.29 is 14.6 Å². The first-order valence-corrected chi connectivity index (χ1v) is 12.6. The van der Waals surface area contributed by atoms with E-state index in [0.29, 0.717) is 11.8 Å². The monoisotopic (exact) mass is 426 g/mol. The highest BCUT2D eigenvalue weighted by atomic mass is 19.1. The average Bonchev–Trinajstić information content (AvgIpc) is 3.11. The van der Waals surface area contributed by atoms with E-state index in [1.54, 1.807) is 0 Å². The van der Waals surface area contributed by atoms with Crippen LogP contribution in [-0.2, 0) is 6.42 Å². The van der Waals surface area contributed by atoms with E-state index in [4.69, 9.17) is 0 Å². The molecule has 0 saturated heterocycles. The normalized spacial score (nSPS) is 42.9. The van der Waals surface area contributed by atoms with Crippen LogP contribution in [0.15, 0.2) is 35.9 Å². The van der Waals surface area contributed by atoms with Gasteiger partial charge in [-0.15, -0.1) is 0 Å². The predicted molar refractivity (Wildman–Crippen MR) is 122 cm³/mol. The van der Waals surface area contributed by atoms with Crippen molar-refractivity contribution in [1.82, 2.24) is 0 Å². The van der Waals surface area contributed by atoms with E-state index >= 15 is 0 Å². The lowest BCUT2D eigenvalue weighted by molar-refractivity contribution is -0.0713. The predicted octanol–water partition coefficient (Wildman–Crippen LogP) is 6.06. The molecular formula is C28H39FO2. The Kier molecular flexibility index (Phi) is 5.58. The Hall–Kier alpha value is -1.19. The molecule has 3 fully saturated rings. The molecule has 1 aromatic carbocycles. The molecule has 1 aromatic rings. The molecule has 0 radical (unpaired) electrons. The van der Waals surface area contributed by atoms with E-state index in [1.165, 1.54) is 43.4 Å². The molecule has 0 bridgehead atoms. The summed E-state index contributed by atoms with van der Waals surface area (Å²) in [6.45, 7) is 4.95. The summed E-state index contributed by atoms with van der Waals surface area (Å²) in [6, 6.07) is 6.73. The zero-order valence-corrected chi connectivity index (χ0v) is 19.2. The average molecular weight is 427 g/mol. The smallest absolute Gasteiger partial charge is 0.123 e. The summed E-state index contributed by atoms with van der Waals surface area (Å²) in [6.07, 6.45) is 12.7. The Bertz CT molecular complexity index is 832. The first kappa shape index (κ1) is 21.6. The van der Waals surface area contributed by atoms with Gasteiger partial charge in [0.15, 0.2) is 0 Å². The molecule has 3 heteroatoms. The first-order chi connectivity index (χ1) is 14.8. The van der Waals surface area contributed by atoms with Crippen LogP contribution in [0.4, 0.5) is 4.39 Å². The molecule has 0 aliphatic heterocycles. The van der Waals surface area contributed by atoms with Gasteiger partial charge in [0.05, 0.1) is 12.2 Å². The van der Waals surface area contributed by atoms with E-state index in [1.807, 2.05) is 12.1 Å². The number of hydrogen-bond donors (Lipinski definition) is 2. The highest BCUT2D eigenvalue weighted by Crippen LogP contribution is 2.66. The Labute approximate surface area is 187 Å². The van der Waals surface area contributed by atoms with Gasteiger partial charge >= 0.3 is 0 Å². The summed E-state index contributed by atoms with van der Waals surface area (Å²) in [5.41, 5.74) is 3.16. The van der Waals surface area contributed by atoms with E-state index in [0.717, 1.165) is 55.9 Å². The van der Waals surface area contributed by atoms with Gasteiger partial charge in [-0.3, -0.25) is 0 Å². The third-order valence-electron chi connectivity index (χ3n) is 10.3. The lowest BCUT2D eigenvalue weighted by atomic mass is 9.47. The van der Waals surface area contributed by atoms with Crippen LogP contribution >= 0.6 is 0 Å². The molecule has 5 rings (SSSR count). The third-order valence-corrected chi connectivity index (χ3v) is 10.3. The van der Waals surface area contributed by atoms with Crippen LogP contribution in [0.2, 0.25) is 0 Å². The van der Waals surface area contributed by atoms with Gasteiger partial charge in [0.25, 0.3) is 0 Å². The summed E-state index contributed by atoms with van der Waals surface area (Å²) < 4.78 is 13.2. The fourth-order valence-electron chi connectivity index (χ4n) is 8.48. The summed E-state index contributed by atoms with van der Waals surface area (Å²) in [7, 11) is 0. The number of rotatable bonds is 4. The number of allylic oxidation sites excluding steroid dienone is 1. The summed E-state index contributed by atoms with van der Waals surface area (Å²) in [5.74, 6) is 2.37. The van der Waals surface area contributed by atoms with Gasteiger partial charge in [-0.05, 0) is 116 Å². The number of aliphatic hydroxyl groups is 2. The van der Waals surface area contributed by atoms with Crippen LogP contribution in [0.1, 0.15) is 77.2 Å². The van der Waals surface area contributed by atoms with Gasteiger partial charge < -0.3 is 10.2 Å². The Morgan fingerprint density at radius 3 is 2.58 bits per heavy atom. The van der Waals surface area contributed by atoms with Crippen molar-refractivity contribution in [2.75, 3.05) is 0 Å². The number of fused-ring (bicyclic) bond motifs is 5. The summed E-state index contributed by atoms with van der Waals surface area (Å²) >= 11 is 0. The van der Waals surface area contributed by atoms with Gasteiger partial charge in [0.1, 0.15) is 5.82 Å². The summed E-state index contributed by atoms with van der Waals surface area (Å²) in [5, 5.41) is 21.4. The number of halogens is 1. The van der Waals surface area contributed by atoms with Crippen molar-refractivity contribution in [1.29, 1.82) is 0 Å². The maximum atomic E-state index is 13.2. The molecule has 0 heterocycles. The molecular weight excluding hydrogens is 387 g/mol. The van der Waals surface area contributed by atoms with Crippen molar-refractivity contribution in [3.63, 3.8) is 0 Å². The maximum absolute atomic E-state index is 13.2. The quantitative estimate of drug-likeness (QED) is 0.575. The fraction of sp³-hybridized carbons (Fsp3) is 0.714. The Balaban J connectivity index is 1.30. The van der Waals surface area contributed by atoms with Crippen LogP contribution in [-0.4, -0.2) is 22.4 Å². The molecule has 0 spiro atoms. The van der Waals surface area contributed by atoms with E-state index in [9.17, 15) is 14.6 Å². The number of aryl methyl sites for hydroxylation is 1. The molecule has 2 nitrogen and oxygen atoms in total. The number of hydrogen-bond acceptors (Lipinski definition) is 2. The zero-order chi connectivity index (χ0) is 21.8. The third kappa shape index (κ3) is 3.60. The minimum absolute atomic E-state index is 0.142. The number of aliphatic hydroxyl groups excluding tert-OH is 2. The summed E-state index contributed by atoms with van der Waals surface area (Å²) in [4.78, 5) is 0. The van der Waals surface area contributed by atoms with Crippen LogP contribution in [0.25, 0.3) is 0 Å². The molecule has 31 heavy (non-hydrogen) atoms. The van der Waals surface area contributed by atoms with Crippen molar-refractivity contribution in [2.45, 2.75) is 90.3 Å². The largest absolute Gasteiger partial charge is 0.393 e. The van der Waals surface area contributed by atoms with Gasteiger partial charge in [0, 0.05) is 0 Å². The highest BCUT2D eigenvalue weighted by Gasteiger charge is 2.59. The fourth-order valence-corrected chi connectivity index (χ4v) is 8.48. The topological polar surface area (TPSA) is 40.5 Å². The standard InChI is InChI=1S/C28H39FO2/c1-27-15-13-21(30)17-19(27)6-9-22-23-10-11-25(28(23,2)16-14-24(22)27)26(31)12-5-18-3-7-20(29)8-4-18/h3-4,6-8,21-26,30-31H,5,9-17H2,1-2H3/t21-,22-,23-,24-,25+,26?,27-,28-/m0/s1. The van der Waals surface area contributed by atoms with Crippen molar-refractivity contribution in [2.24, 2.45) is 34.5 Å². The van der Waals surface area contributed by atoms with E-state index < -0.39 is 0 Å². The van der Waals surface area contributed by atoms with E-state index in [2.05, 4.69) is 19.9 Å². The van der Waals surface area contributed by atoms with Crippen LogP contribution in [0.5, 0.6) is 0 Å². The Morgan fingerprint density at radius 1 is 1.03 bits per heavy atom. The Morgan fingerprint density at radius 2 is 1.81 bits per heavy atom. The molecule has 0 aromatic heterocycles. The number of benzene rings is 1. The molecule has 8 atom stereocenters. The van der Waals surface area contributed by atoms with Crippen LogP contribution in [0.3, 0.4) is 0 Å². The first-order valence-electron chi connectivity index (χ1n) is 12.6.